The summed E-state index contributed by atoms with van der Waals surface area (Å²) >= 11 is 4.64. The van der Waals surface area contributed by atoms with Gasteiger partial charge in [0.25, 0.3) is 0 Å². The molecule has 36 heavy (non-hydrogen) atoms. The summed E-state index contributed by atoms with van der Waals surface area (Å²) in [6, 6.07) is 9.37. The lowest BCUT2D eigenvalue weighted by Gasteiger charge is -2.24. The number of alkyl halides is 1. The van der Waals surface area contributed by atoms with Gasteiger partial charge in [-0.1, -0.05) is 34.7 Å². The molecule has 0 aromatic heterocycles. The maximum atomic E-state index is 11.3. The number of carboxylic acid groups (broad SMARTS) is 1. The molecule has 9 nitrogen and oxygen atoms in total. The molecule has 204 valence electrons. The number of halogens is 2. The summed E-state index contributed by atoms with van der Waals surface area (Å²) in [5, 5.41) is 32.0. The fraction of sp³-hybridized carbons (Fsp3) is 0.480. The molecule has 2 unspecified atom stereocenters. The molecule has 0 radical (unpaired) electrons. The van der Waals surface area contributed by atoms with E-state index in [9.17, 15) is 9.90 Å². The molecule has 0 amide bonds. The Labute approximate surface area is 240 Å². The molecule has 4 N–H and O–H groups in total. The summed E-state index contributed by atoms with van der Waals surface area (Å²) in [5.74, 6) is 0.0579. The highest BCUT2D eigenvalue weighted by atomic mass is 127. The van der Waals surface area contributed by atoms with E-state index in [4.69, 9.17) is 34.3 Å². The summed E-state index contributed by atoms with van der Waals surface area (Å²) < 4.78 is 23.5. The second kappa shape index (κ2) is 19.7. The zero-order valence-electron chi connectivity index (χ0n) is 21.2. The van der Waals surface area contributed by atoms with Crippen LogP contribution in [0.3, 0.4) is 0 Å². The molecule has 1 saturated heterocycles. The minimum absolute atomic E-state index is 0.112. The van der Waals surface area contributed by atoms with Gasteiger partial charge < -0.3 is 39.4 Å². The predicted molar refractivity (Wildman–Crippen MR) is 155 cm³/mol. The van der Waals surface area contributed by atoms with Gasteiger partial charge in [0, 0.05) is 33.9 Å². The third kappa shape index (κ3) is 11.3. The molecule has 1 aliphatic heterocycles. The summed E-state index contributed by atoms with van der Waals surface area (Å²) in [5.41, 5.74) is 1.62. The first-order valence-corrected chi connectivity index (χ1v) is 13.2. The predicted octanol–water partition coefficient (Wildman–Crippen LogP) is 4.07. The number of ether oxygens (including phenoxy) is 4. The quantitative estimate of drug-likeness (QED) is 0.246. The smallest absolute Gasteiger partial charge is 0.336 e. The van der Waals surface area contributed by atoms with Crippen LogP contribution < -0.4 is 14.2 Å². The van der Waals surface area contributed by atoms with E-state index >= 15 is 0 Å². The monoisotopic (exact) mass is 734 g/mol. The molecule has 1 fully saturated rings. The fourth-order valence-corrected chi connectivity index (χ4v) is 4.64. The Morgan fingerprint density at radius 3 is 2.25 bits per heavy atom. The third-order valence-corrected chi connectivity index (χ3v) is 6.69. The van der Waals surface area contributed by atoms with E-state index in [1.165, 1.54) is 20.3 Å². The van der Waals surface area contributed by atoms with Crippen LogP contribution in [0.5, 0.6) is 17.2 Å². The highest BCUT2D eigenvalue weighted by Crippen LogP contribution is 2.42. The number of carboxylic acids is 1. The molecule has 0 bridgehead atoms. The molecule has 2 aromatic rings. The number of aliphatic hydroxyl groups excluding tert-OH is 3. The Balaban J connectivity index is 0.000000783. The van der Waals surface area contributed by atoms with Gasteiger partial charge in [0.2, 0.25) is 5.75 Å². The van der Waals surface area contributed by atoms with Crippen LogP contribution in [0.15, 0.2) is 30.3 Å². The Hall–Kier alpha value is -1.39. The molecule has 2 aromatic carbocycles. The first-order valence-electron chi connectivity index (χ1n) is 10.9. The van der Waals surface area contributed by atoms with Crippen molar-refractivity contribution in [2.24, 2.45) is 0 Å². The second-order valence-electron chi connectivity index (χ2n) is 7.13. The van der Waals surface area contributed by atoms with Crippen LogP contribution in [-0.4, -0.2) is 78.1 Å². The largest absolute Gasteiger partial charge is 0.493 e. The van der Waals surface area contributed by atoms with Crippen molar-refractivity contribution in [3.05, 3.63) is 50.6 Å². The fourth-order valence-electron chi connectivity index (χ4n) is 3.21. The van der Waals surface area contributed by atoms with Gasteiger partial charge in [-0.15, -0.1) is 0 Å². The van der Waals surface area contributed by atoms with Crippen molar-refractivity contribution in [1.29, 1.82) is 0 Å². The molecule has 0 spiro atoms. The number of aliphatic hydroxyl groups is 3. The highest BCUT2D eigenvalue weighted by Gasteiger charge is 2.22. The lowest BCUT2D eigenvalue weighted by molar-refractivity contribution is -0.0131. The van der Waals surface area contributed by atoms with Gasteiger partial charge in [0.1, 0.15) is 6.61 Å². The Morgan fingerprint density at radius 1 is 1.11 bits per heavy atom. The average Bonchev–Trinajstić information content (AvgIpc) is 2.90. The van der Waals surface area contributed by atoms with Crippen molar-refractivity contribution in [3.8, 4) is 17.2 Å². The standard InChI is InChI=1S/C17H17IO5.C6H11IO2.2CH4O/c1-10-13(17(19)20)8-14(21-2)16(15(10)22-3)23-9-11-5-4-6-12(18)7-11;7-5-1-2-9-6(3-5)4-8;2*1-2/h4-8H,9H2,1-3H3,(H,19,20);5-6,8H,1-4H2;2*2H,1H3. The molecule has 0 saturated carbocycles. The van der Waals surface area contributed by atoms with Gasteiger partial charge in [-0.3, -0.25) is 0 Å². The molecular formula is C25H36I2O9. The first kappa shape index (κ1) is 34.6. The molecule has 11 heteroatoms. The van der Waals surface area contributed by atoms with E-state index < -0.39 is 5.97 Å². The zero-order valence-corrected chi connectivity index (χ0v) is 25.5. The molecule has 1 aliphatic rings. The number of methoxy groups -OCH3 is 2. The topological polar surface area (TPSA) is 135 Å². The molecule has 2 atom stereocenters. The lowest BCUT2D eigenvalue weighted by atomic mass is 10.1. The van der Waals surface area contributed by atoms with E-state index in [2.05, 4.69) is 45.2 Å². The number of benzene rings is 2. The van der Waals surface area contributed by atoms with Gasteiger partial charge in [-0.25, -0.2) is 4.79 Å². The van der Waals surface area contributed by atoms with E-state index in [-0.39, 0.29) is 18.3 Å². The Bertz CT molecular complexity index is 909. The van der Waals surface area contributed by atoms with Crippen LogP contribution in [0.2, 0.25) is 0 Å². The first-order chi connectivity index (χ1) is 17.3. The Kier molecular flexibility index (Phi) is 18.9. The number of rotatable bonds is 7. The van der Waals surface area contributed by atoms with Crippen LogP contribution >= 0.6 is 45.2 Å². The summed E-state index contributed by atoms with van der Waals surface area (Å²) in [6.45, 7) is 3.01. The van der Waals surface area contributed by atoms with E-state index in [0.717, 1.165) is 42.8 Å². The second-order valence-corrected chi connectivity index (χ2v) is 10.1. The summed E-state index contributed by atoms with van der Waals surface area (Å²) in [4.78, 5) is 11.3. The molecule has 1 heterocycles. The van der Waals surface area contributed by atoms with Crippen molar-refractivity contribution >= 4 is 51.2 Å². The summed E-state index contributed by atoms with van der Waals surface area (Å²) in [6.07, 6.45) is 2.26. The average molecular weight is 734 g/mol. The molecule has 3 rings (SSSR count). The SMILES string of the molecule is CO.CO.COc1cc(C(=O)O)c(C)c(OC)c1OCc1cccc(I)c1.OCC1CC(I)CCO1. The Morgan fingerprint density at radius 2 is 1.78 bits per heavy atom. The van der Waals surface area contributed by atoms with Crippen LogP contribution in [-0.2, 0) is 11.3 Å². The normalized spacial score (nSPS) is 16.1. The lowest BCUT2D eigenvalue weighted by Crippen LogP contribution is -2.28. The van der Waals surface area contributed by atoms with Gasteiger partial charge in [-0.05, 0) is 66.1 Å². The molecular weight excluding hydrogens is 698 g/mol. The van der Waals surface area contributed by atoms with Crippen LogP contribution in [0, 0.1) is 10.5 Å². The van der Waals surface area contributed by atoms with E-state index in [0.29, 0.717) is 33.3 Å². The van der Waals surface area contributed by atoms with Gasteiger partial charge in [0.15, 0.2) is 11.5 Å². The third-order valence-electron chi connectivity index (χ3n) is 4.88. The summed E-state index contributed by atoms with van der Waals surface area (Å²) in [7, 11) is 4.94. The maximum Gasteiger partial charge on any atom is 0.336 e. The maximum absolute atomic E-state index is 11.3. The van der Waals surface area contributed by atoms with E-state index in [1.807, 2.05) is 24.3 Å². The minimum Gasteiger partial charge on any atom is -0.493 e. The number of carbonyl (C=O) groups is 1. The number of hydrogen-bond donors (Lipinski definition) is 4. The van der Waals surface area contributed by atoms with Crippen molar-refractivity contribution in [2.75, 3.05) is 41.7 Å². The van der Waals surface area contributed by atoms with Crippen molar-refractivity contribution in [2.45, 2.75) is 36.4 Å². The zero-order chi connectivity index (χ0) is 27.7. The number of aromatic carboxylic acids is 1. The molecule has 0 aliphatic carbocycles. The van der Waals surface area contributed by atoms with Gasteiger partial charge in [0.05, 0.1) is 32.5 Å². The highest BCUT2D eigenvalue weighted by molar-refractivity contribution is 14.1. The van der Waals surface area contributed by atoms with Gasteiger partial charge in [-0.2, -0.15) is 0 Å². The van der Waals surface area contributed by atoms with Crippen molar-refractivity contribution in [3.63, 3.8) is 0 Å². The minimum atomic E-state index is -1.04. The van der Waals surface area contributed by atoms with Crippen LogP contribution in [0.4, 0.5) is 0 Å². The van der Waals surface area contributed by atoms with Crippen LogP contribution in [0.25, 0.3) is 0 Å². The van der Waals surface area contributed by atoms with Crippen molar-refractivity contribution in [1.82, 2.24) is 0 Å². The van der Waals surface area contributed by atoms with Crippen LogP contribution in [0.1, 0.15) is 34.3 Å². The number of hydrogen-bond acceptors (Lipinski definition) is 8. The van der Waals surface area contributed by atoms with Crippen molar-refractivity contribution < 1.29 is 44.2 Å². The van der Waals surface area contributed by atoms with E-state index in [1.54, 1.807) is 6.92 Å². The van der Waals surface area contributed by atoms with Gasteiger partial charge >= 0.3 is 5.97 Å².